The Hall–Kier alpha value is -3.54. The number of hydrogen-bond donors (Lipinski definition) is 2. The number of nitriles is 1. The molecule has 2 aromatic rings. The normalized spacial score (nSPS) is 15.6. The smallest absolute Gasteiger partial charge is 0.347 e. The summed E-state index contributed by atoms with van der Waals surface area (Å²) in [4.78, 5) is 23.8. The quantitative estimate of drug-likeness (QED) is 0.725. The fraction of sp³-hybridized carbons (Fsp3) is 0.100. The average molecular weight is 442 g/mol. The maximum absolute atomic E-state index is 12.2. The van der Waals surface area contributed by atoms with E-state index in [0.29, 0.717) is 24.3 Å². The Bertz CT molecular complexity index is 1160. The van der Waals surface area contributed by atoms with E-state index in [1.54, 1.807) is 12.1 Å². The van der Waals surface area contributed by atoms with Gasteiger partial charge >= 0.3 is 6.03 Å². The number of halogens is 2. The number of carbonyl (C=O) groups excluding carboxylic acids is 2. The topological polar surface area (TPSA) is 107 Å². The van der Waals surface area contributed by atoms with Gasteiger partial charge in [0.05, 0.1) is 21.4 Å². The van der Waals surface area contributed by atoms with Crippen molar-refractivity contribution in [3.8, 4) is 17.6 Å². The van der Waals surface area contributed by atoms with E-state index in [1.165, 1.54) is 12.1 Å². The van der Waals surface area contributed by atoms with Gasteiger partial charge in [-0.3, -0.25) is 4.79 Å². The number of rotatable bonds is 3. The molecule has 2 aliphatic rings. The minimum atomic E-state index is -0.606. The van der Waals surface area contributed by atoms with Crippen LogP contribution in [0.25, 0.3) is 0 Å². The molecule has 0 saturated heterocycles. The molecule has 2 aromatic carbocycles. The number of ether oxygens (including phenoxy) is 1. The number of hydrogen-bond acceptors (Lipinski definition) is 5. The van der Waals surface area contributed by atoms with Gasteiger partial charge in [0.2, 0.25) is 5.91 Å². The van der Waals surface area contributed by atoms with Crippen molar-refractivity contribution in [2.75, 3.05) is 10.3 Å². The molecule has 8 nitrogen and oxygen atoms in total. The third-order valence-corrected chi connectivity index (χ3v) is 5.03. The maximum atomic E-state index is 12.2. The lowest BCUT2D eigenvalue weighted by Crippen LogP contribution is -2.42. The molecular weight excluding hydrogens is 429 g/mol. The Morgan fingerprint density at radius 3 is 2.57 bits per heavy atom. The second kappa shape index (κ2) is 7.71. The molecule has 0 aliphatic carbocycles. The van der Waals surface area contributed by atoms with E-state index in [4.69, 9.17) is 33.2 Å². The van der Waals surface area contributed by atoms with Gasteiger partial charge in [-0.25, -0.2) is 4.79 Å². The highest BCUT2D eigenvalue weighted by atomic mass is 35.5. The number of fused-ring (bicyclic) bond motifs is 1. The summed E-state index contributed by atoms with van der Waals surface area (Å²) in [5, 5.41) is 19.5. The third kappa shape index (κ3) is 3.68. The van der Waals surface area contributed by atoms with E-state index in [1.807, 2.05) is 12.1 Å². The zero-order valence-electron chi connectivity index (χ0n) is 15.3. The van der Waals surface area contributed by atoms with E-state index in [9.17, 15) is 9.59 Å². The molecular formula is C20H13Cl2N5O3. The summed E-state index contributed by atoms with van der Waals surface area (Å²) < 4.78 is 5.83. The summed E-state index contributed by atoms with van der Waals surface area (Å²) in [5.74, 6) is 0.555. The van der Waals surface area contributed by atoms with Crippen LogP contribution in [0.3, 0.4) is 0 Å². The van der Waals surface area contributed by atoms with E-state index in [0.717, 1.165) is 10.6 Å². The summed E-state index contributed by atoms with van der Waals surface area (Å²) >= 11 is 12.7. The molecule has 0 fully saturated rings. The Morgan fingerprint density at radius 1 is 1.13 bits per heavy atom. The van der Waals surface area contributed by atoms with Gasteiger partial charge in [0, 0.05) is 18.2 Å². The summed E-state index contributed by atoms with van der Waals surface area (Å²) in [5.41, 5.74) is 2.00. The van der Waals surface area contributed by atoms with Crippen molar-refractivity contribution < 1.29 is 14.3 Å². The second-order valence-corrected chi connectivity index (χ2v) is 7.30. The van der Waals surface area contributed by atoms with Crippen molar-refractivity contribution >= 4 is 52.2 Å². The molecule has 30 heavy (non-hydrogen) atoms. The largest absolute Gasteiger partial charge is 0.454 e. The van der Waals surface area contributed by atoms with Crippen molar-refractivity contribution in [3.63, 3.8) is 0 Å². The number of allylic oxidation sites excluding steroid dienone is 1. The van der Waals surface area contributed by atoms with Crippen LogP contribution in [0.15, 0.2) is 47.7 Å². The van der Waals surface area contributed by atoms with Gasteiger partial charge in [-0.1, -0.05) is 35.8 Å². The highest BCUT2D eigenvalue weighted by Gasteiger charge is 2.26. The van der Waals surface area contributed by atoms with Crippen LogP contribution in [-0.4, -0.2) is 17.6 Å². The average Bonchev–Trinajstić information content (AvgIpc) is 2.70. The van der Waals surface area contributed by atoms with Crippen LogP contribution in [-0.2, 0) is 11.2 Å². The van der Waals surface area contributed by atoms with Crippen LogP contribution in [0.5, 0.6) is 11.5 Å². The van der Waals surface area contributed by atoms with Gasteiger partial charge in [-0.15, -0.1) is 0 Å². The van der Waals surface area contributed by atoms with E-state index < -0.39 is 6.03 Å². The third-order valence-electron chi connectivity index (χ3n) is 4.47. The zero-order chi connectivity index (χ0) is 21.4. The second-order valence-electron chi connectivity index (χ2n) is 6.49. The predicted octanol–water partition coefficient (Wildman–Crippen LogP) is 4.59. The van der Waals surface area contributed by atoms with Crippen LogP contribution >= 0.6 is 23.2 Å². The standard InChI is InChI=1S/C20H13Cl2N5O3/c1-10-17(9-23)26-27(20(29)24-10)12-6-14(21)19(15(22)7-12)30-13-4-2-11-3-5-18(28)25-16(11)8-13/h2,4,6-8H,1,3,5H2,(H,24,29)(H,25,28). The minimum absolute atomic E-state index is 0.0433. The van der Waals surface area contributed by atoms with Crippen molar-refractivity contribution in [3.05, 3.63) is 58.2 Å². The minimum Gasteiger partial charge on any atom is -0.454 e. The number of nitrogens with zero attached hydrogens (tertiary/aromatic N) is 3. The molecule has 150 valence electrons. The van der Waals surface area contributed by atoms with E-state index in [2.05, 4.69) is 22.3 Å². The van der Waals surface area contributed by atoms with Crippen molar-refractivity contribution in [2.24, 2.45) is 5.10 Å². The van der Waals surface area contributed by atoms with Gasteiger partial charge < -0.3 is 15.4 Å². The number of hydrazone groups is 1. The maximum Gasteiger partial charge on any atom is 0.347 e. The van der Waals surface area contributed by atoms with Gasteiger partial charge in [-0.05, 0) is 30.2 Å². The highest BCUT2D eigenvalue weighted by Crippen LogP contribution is 2.41. The summed E-state index contributed by atoms with van der Waals surface area (Å²) in [6.45, 7) is 3.57. The Morgan fingerprint density at radius 2 is 1.87 bits per heavy atom. The van der Waals surface area contributed by atoms with E-state index >= 15 is 0 Å². The molecule has 0 aromatic heterocycles. The van der Waals surface area contributed by atoms with E-state index in [-0.39, 0.29) is 38.8 Å². The Kier molecular flexibility index (Phi) is 5.08. The van der Waals surface area contributed by atoms with Crippen molar-refractivity contribution in [2.45, 2.75) is 12.8 Å². The first kappa shape index (κ1) is 19.8. The van der Waals surface area contributed by atoms with Gasteiger partial charge in [-0.2, -0.15) is 15.4 Å². The highest BCUT2D eigenvalue weighted by molar-refractivity contribution is 6.37. The molecule has 0 unspecified atom stereocenters. The number of amides is 3. The summed E-state index contributed by atoms with van der Waals surface area (Å²) in [6, 6.07) is 9.43. The summed E-state index contributed by atoms with van der Waals surface area (Å²) in [6.07, 6.45) is 1.10. The molecule has 0 spiro atoms. The number of anilines is 2. The number of urea groups is 1. The van der Waals surface area contributed by atoms with Crippen LogP contribution in [0.1, 0.15) is 12.0 Å². The molecule has 4 rings (SSSR count). The Balaban J connectivity index is 1.64. The molecule has 0 atom stereocenters. The fourth-order valence-electron chi connectivity index (χ4n) is 3.01. The monoisotopic (exact) mass is 441 g/mol. The number of benzene rings is 2. The van der Waals surface area contributed by atoms with Crippen molar-refractivity contribution in [1.82, 2.24) is 5.32 Å². The van der Waals surface area contributed by atoms with Crippen LogP contribution in [0, 0.1) is 11.3 Å². The molecule has 0 bridgehead atoms. The molecule has 0 radical (unpaired) electrons. The molecule has 3 amide bonds. The van der Waals surface area contributed by atoms with Crippen molar-refractivity contribution in [1.29, 1.82) is 5.26 Å². The van der Waals surface area contributed by atoms with Gasteiger partial charge in [0.1, 0.15) is 11.8 Å². The lowest BCUT2D eigenvalue weighted by molar-refractivity contribution is -0.116. The fourth-order valence-corrected chi connectivity index (χ4v) is 3.56. The first-order chi connectivity index (χ1) is 14.4. The first-order valence-corrected chi connectivity index (χ1v) is 9.50. The summed E-state index contributed by atoms with van der Waals surface area (Å²) in [7, 11) is 0. The number of carbonyl (C=O) groups is 2. The molecule has 10 heteroatoms. The first-order valence-electron chi connectivity index (χ1n) is 8.74. The van der Waals surface area contributed by atoms with Gasteiger partial charge in [0.15, 0.2) is 11.5 Å². The predicted molar refractivity (Wildman–Crippen MR) is 113 cm³/mol. The lowest BCUT2D eigenvalue weighted by atomic mass is 10.0. The number of aryl methyl sites for hydroxylation is 1. The van der Waals surface area contributed by atoms with Crippen LogP contribution < -0.4 is 20.4 Å². The number of nitrogens with one attached hydrogen (secondary N) is 2. The lowest BCUT2D eigenvalue weighted by Gasteiger charge is -2.24. The molecule has 2 aliphatic heterocycles. The molecule has 2 heterocycles. The van der Waals surface area contributed by atoms with Crippen LogP contribution in [0.2, 0.25) is 10.0 Å². The zero-order valence-corrected chi connectivity index (χ0v) is 16.8. The molecule has 2 N–H and O–H groups in total. The van der Waals surface area contributed by atoms with Crippen LogP contribution in [0.4, 0.5) is 16.2 Å². The SMILES string of the molecule is C=C1NC(=O)N(c2cc(Cl)c(Oc3ccc4c(c3)NC(=O)CC4)c(Cl)c2)N=C1C#N. The molecule has 0 saturated carbocycles. The Labute approximate surface area is 181 Å². The van der Waals surface area contributed by atoms with Gasteiger partial charge in [0.25, 0.3) is 0 Å².